The number of ether oxygens (including phenoxy) is 1. The summed E-state index contributed by atoms with van der Waals surface area (Å²) in [6, 6.07) is -1.07. The van der Waals surface area contributed by atoms with Crippen molar-refractivity contribution in [2.75, 3.05) is 26.7 Å². The molecule has 1 heterocycles. The zero-order chi connectivity index (χ0) is 13.0. The summed E-state index contributed by atoms with van der Waals surface area (Å²) in [6.07, 6.45) is 0.778. The van der Waals surface area contributed by atoms with Gasteiger partial charge in [0.2, 0.25) is 0 Å². The van der Waals surface area contributed by atoms with E-state index in [9.17, 15) is 9.59 Å². The summed E-state index contributed by atoms with van der Waals surface area (Å²) >= 11 is 0. The quantitative estimate of drug-likeness (QED) is 0.773. The Kier molecular flexibility index (Phi) is 4.74. The van der Waals surface area contributed by atoms with Gasteiger partial charge in [-0.05, 0) is 20.3 Å². The van der Waals surface area contributed by atoms with Gasteiger partial charge in [-0.2, -0.15) is 0 Å². The van der Waals surface area contributed by atoms with Crippen LogP contribution in [0.25, 0.3) is 0 Å². The fraction of sp³-hybridized carbons (Fsp3) is 0.818. The molecule has 1 fully saturated rings. The monoisotopic (exact) mass is 244 g/mol. The van der Waals surface area contributed by atoms with Gasteiger partial charge in [0.1, 0.15) is 6.04 Å². The molecule has 1 rings (SSSR count). The highest BCUT2D eigenvalue weighted by Gasteiger charge is 2.27. The average molecular weight is 244 g/mol. The predicted octanol–water partition coefficient (Wildman–Crippen LogP) is 0.622. The van der Waals surface area contributed by atoms with Crippen molar-refractivity contribution < 1.29 is 19.4 Å². The summed E-state index contributed by atoms with van der Waals surface area (Å²) in [7, 11) is 1.51. The number of aliphatic carboxylic acids is 1. The summed E-state index contributed by atoms with van der Waals surface area (Å²) < 4.78 is 5.44. The molecule has 1 aliphatic heterocycles. The van der Waals surface area contributed by atoms with Gasteiger partial charge < -0.3 is 19.6 Å². The molecule has 0 radical (unpaired) electrons. The maximum absolute atomic E-state index is 12.1. The number of amides is 2. The molecular weight excluding hydrogens is 224 g/mol. The Morgan fingerprint density at radius 2 is 2.18 bits per heavy atom. The zero-order valence-corrected chi connectivity index (χ0v) is 10.5. The maximum Gasteiger partial charge on any atom is 0.326 e. The molecule has 2 unspecified atom stereocenters. The summed E-state index contributed by atoms with van der Waals surface area (Å²) in [4.78, 5) is 25.8. The van der Waals surface area contributed by atoms with Crippen molar-refractivity contribution in [3.8, 4) is 0 Å². The van der Waals surface area contributed by atoms with Crippen LogP contribution in [0, 0.1) is 0 Å². The van der Waals surface area contributed by atoms with Crippen LogP contribution in [0.5, 0.6) is 0 Å². The molecule has 1 saturated heterocycles. The first-order valence-electron chi connectivity index (χ1n) is 5.79. The van der Waals surface area contributed by atoms with Crippen molar-refractivity contribution in [2.24, 2.45) is 0 Å². The lowest BCUT2D eigenvalue weighted by molar-refractivity contribution is -0.141. The molecule has 1 aliphatic rings. The van der Waals surface area contributed by atoms with Gasteiger partial charge in [-0.15, -0.1) is 0 Å². The molecule has 0 aromatic heterocycles. The zero-order valence-electron chi connectivity index (χ0n) is 10.5. The van der Waals surface area contributed by atoms with Crippen LogP contribution < -0.4 is 0 Å². The fourth-order valence-corrected chi connectivity index (χ4v) is 1.72. The summed E-state index contributed by atoms with van der Waals surface area (Å²) in [5, 5.41) is 8.87. The van der Waals surface area contributed by atoms with Crippen LogP contribution in [-0.2, 0) is 9.53 Å². The van der Waals surface area contributed by atoms with E-state index in [0.29, 0.717) is 19.7 Å². The highest BCUT2D eigenvalue weighted by Crippen LogP contribution is 2.09. The number of carbonyl (C=O) groups excluding carboxylic acids is 1. The second kappa shape index (κ2) is 5.86. The van der Waals surface area contributed by atoms with Crippen molar-refractivity contribution >= 4 is 12.0 Å². The molecule has 2 amide bonds. The molecule has 17 heavy (non-hydrogen) atoms. The topological polar surface area (TPSA) is 70.1 Å². The SMILES string of the molecule is CC1CN(C(=O)N(C)C(C)C(=O)O)CCCO1. The minimum Gasteiger partial charge on any atom is -0.480 e. The van der Waals surface area contributed by atoms with Crippen LogP contribution in [0.1, 0.15) is 20.3 Å². The van der Waals surface area contributed by atoms with E-state index < -0.39 is 12.0 Å². The largest absolute Gasteiger partial charge is 0.480 e. The number of hydrogen-bond acceptors (Lipinski definition) is 3. The number of urea groups is 1. The second-order valence-corrected chi connectivity index (χ2v) is 4.39. The number of carboxylic acid groups (broad SMARTS) is 1. The van der Waals surface area contributed by atoms with Crippen molar-refractivity contribution in [3.05, 3.63) is 0 Å². The number of carboxylic acids is 1. The van der Waals surface area contributed by atoms with E-state index in [1.54, 1.807) is 4.90 Å². The van der Waals surface area contributed by atoms with Crippen LogP contribution in [0.4, 0.5) is 4.79 Å². The molecule has 6 heteroatoms. The first-order chi connectivity index (χ1) is 7.93. The Labute approximate surface area is 101 Å². The molecule has 2 atom stereocenters. The fourth-order valence-electron chi connectivity index (χ4n) is 1.72. The first kappa shape index (κ1) is 13.8. The van der Waals surface area contributed by atoms with Gasteiger partial charge in [0, 0.05) is 26.7 Å². The third-order valence-corrected chi connectivity index (χ3v) is 2.96. The molecule has 0 spiro atoms. The summed E-state index contributed by atoms with van der Waals surface area (Å²) in [6.45, 7) is 5.17. The lowest BCUT2D eigenvalue weighted by Gasteiger charge is -2.30. The number of rotatable bonds is 2. The minimum atomic E-state index is -1.00. The average Bonchev–Trinajstić information content (AvgIpc) is 2.50. The van der Waals surface area contributed by atoms with Crippen molar-refractivity contribution in [3.63, 3.8) is 0 Å². The van der Waals surface area contributed by atoms with Gasteiger partial charge in [0.25, 0.3) is 0 Å². The van der Waals surface area contributed by atoms with Gasteiger partial charge >= 0.3 is 12.0 Å². The molecule has 0 aliphatic carbocycles. The third-order valence-electron chi connectivity index (χ3n) is 2.96. The van der Waals surface area contributed by atoms with Gasteiger partial charge in [0.15, 0.2) is 0 Å². The number of likely N-dealkylation sites (N-methyl/N-ethyl adjacent to an activating group) is 1. The minimum absolute atomic E-state index is 0.00464. The Morgan fingerprint density at radius 1 is 1.53 bits per heavy atom. The van der Waals surface area contributed by atoms with Gasteiger partial charge in [-0.3, -0.25) is 0 Å². The lowest BCUT2D eigenvalue weighted by atomic mass is 10.3. The van der Waals surface area contributed by atoms with Gasteiger partial charge in [-0.1, -0.05) is 0 Å². The molecule has 98 valence electrons. The van der Waals surface area contributed by atoms with Crippen LogP contribution in [0.2, 0.25) is 0 Å². The number of nitrogens with zero attached hydrogens (tertiary/aromatic N) is 2. The van der Waals surface area contributed by atoms with E-state index in [0.717, 1.165) is 6.42 Å². The normalized spacial score (nSPS) is 22.8. The van der Waals surface area contributed by atoms with Crippen molar-refractivity contribution in [1.29, 1.82) is 0 Å². The molecule has 6 nitrogen and oxygen atoms in total. The van der Waals surface area contributed by atoms with Crippen LogP contribution in [0.15, 0.2) is 0 Å². The van der Waals surface area contributed by atoms with Gasteiger partial charge in [-0.25, -0.2) is 9.59 Å². The molecule has 1 N–H and O–H groups in total. The Balaban J connectivity index is 2.64. The number of hydrogen-bond donors (Lipinski definition) is 1. The van der Waals surface area contributed by atoms with Crippen molar-refractivity contribution in [1.82, 2.24) is 9.80 Å². The first-order valence-corrected chi connectivity index (χ1v) is 5.79. The highest BCUT2D eigenvalue weighted by molar-refractivity contribution is 5.82. The smallest absolute Gasteiger partial charge is 0.326 e. The van der Waals surface area contributed by atoms with E-state index in [4.69, 9.17) is 9.84 Å². The van der Waals surface area contributed by atoms with Crippen LogP contribution >= 0.6 is 0 Å². The number of carbonyl (C=O) groups is 2. The van der Waals surface area contributed by atoms with E-state index in [-0.39, 0.29) is 12.1 Å². The van der Waals surface area contributed by atoms with Crippen molar-refractivity contribution in [2.45, 2.75) is 32.4 Å². The Bertz CT molecular complexity index is 295. The maximum atomic E-state index is 12.1. The van der Waals surface area contributed by atoms with E-state index in [1.807, 2.05) is 6.92 Å². The predicted molar refractivity (Wildman–Crippen MR) is 61.9 cm³/mol. The molecule has 0 aromatic carbocycles. The molecular formula is C11H20N2O4. The van der Waals surface area contributed by atoms with Crippen LogP contribution in [0.3, 0.4) is 0 Å². The van der Waals surface area contributed by atoms with Gasteiger partial charge in [0.05, 0.1) is 6.10 Å². The summed E-state index contributed by atoms with van der Waals surface area (Å²) in [5.74, 6) is -1.00. The second-order valence-electron chi connectivity index (χ2n) is 4.39. The lowest BCUT2D eigenvalue weighted by Crippen LogP contribution is -2.49. The molecule has 0 aromatic rings. The third kappa shape index (κ3) is 3.59. The standard InChI is InChI=1S/C11H20N2O4/c1-8-7-13(5-4-6-17-8)11(16)12(3)9(2)10(14)15/h8-9H,4-7H2,1-3H3,(H,14,15). The van der Waals surface area contributed by atoms with E-state index in [1.165, 1.54) is 18.9 Å². The highest BCUT2D eigenvalue weighted by atomic mass is 16.5. The van der Waals surface area contributed by atoms with Crippen LogP contribution in [-0.4, -0.2) is 65.8 Å². The Morgan fingerprint density at radius 3 is 2.76 bits per heavy atom. The van der Waals surface area contributed by atoms with E-state index in [2.05, 4.69) is 0 Å². The molecule has 0 saturated carbocycles. The Hall–Kier alpha value is -1.30. The summed E-state index contributed by atoms with van der Waals surface area (Å²) in [5.41, 5.74) is 0. The molecule has 0 bridgehead atoms. The van der Waals surface area contributed by atoms with E-state index >= 15 is 0 Å².